The summed E-state index contributed by atoms with van der Waals surface area (Å²) in [6, 6.07) is 9.05. The van der Waals surface area contributed by atoms with E-state index in [4.69, 9.17) is 9.31 Å². The van der Waals surface area contributed by atoms with Gasteiger partial charge in [0.05, 0.1) is 31.1 Å². The van der Waals surface area contributed by atoms with E-state index in [1.165, 1.54) is 18.0 Å². The highest BCUT2D eigenvalue weighted by Gasteiger charge is 2.53. The molecule has 1 aliphatic heterocycles. The number of allylic oxidation sites excluding steroid dienone is 1. The van der Waals surface area contributed by atoms with Crippen molar-refractivity contribution in [2.75, 3.05) is 7.11 Å². The third kappa shape index (κ3) is 3.86. The number of carbonyl (C=O) groups is 1. The smallest absolute Gasteiger partial charge is 0.464 e. The van der Waals surface area contributed by atoms with Crippen LogP contribution in [0.3, 0.4) is 0 Å². The number of methoxy groups -OCH3 is 1. The summed E-state index contributed by atoms with van der Waals surface area (Å²) in [5.41, 5.74) is -0.833. The topological polar surface area (TPSA) is 75.5 Å². The SMILES string of the molecule is COC(=O)c1cn(CC(=C(F)B2OC(C)(C)C(C)(C)O2)c2ccccc2)nn1. The van der Waals surface area contributed by atoms with E-state index in [1.54, 1.807) is 12.1 Å². The highest BCUT2D eigenvalue weighted by molar-refractivity contribution is 6.55. The number of rotatable bonds is 5. The van der Waals surface area contributed by atoms with Crippen LogP contribution in [-0.2, 0) is 20.6 Å². The molecule has 1 aromatic heterocycles. The Balaban J connectivity index is 1.97. The van der Waals surface area contributed by atoms with Crippen LogP contribution in [-0.4, -0.2) is 46.4 Å². The average Bonchev–Trinajstić information content (AvgIpc) is 3.21. The zero-order chi connectivity index (χ0) is 20.5. The minimum Gasteiger partial charge on any atom is -0.464 e. The second kappa shape index (κ2) is 7.48. The number of hydrogen-bond acceptors (Lipinski definition) is 6. The molecule has 0 atom stereocenters. The molecular weight excluding hydrogens is 364 g/mol. The van der Waals surface area contributed by atoms with Crippen molar-refractivity contribution in [2.45, 2.75) is 45.4 Å². The van der Waals surface area contributed by atoms with Crippen LogP contribution in [0.25, 0.3) is 5.57 Å². The first kappa shape index (κ1) is 20.2. The van der Waals surface area contributed by atoms with Crippen LogP contribution in [0, 0.1) is 0 Å². The monoisotopic (exact) mass is 387 g/mol. The highest BCUT2D eigenvalue weighted by Crippen LogP contribution is 2.40. The number of hydrogen-bond donors (Lipinski definition) is 0. The molecule has 0 spiro atoms. The van der Waals surface area contributed by atoms with E-state index in [0.29, 0.717) is 11.1 Å². The summed E-state index contributed by atoms with van der Waals surface area (Å²) in [6.45, 7) is 7.50. The molecule has 2 aromatic rings. The van der Waals surface area contributed by atoms with Gasteiger partial charge in [0.1, 0.15) is 5.73 Å². The van der Waals surface area contributed by atoms with Crippen LogP contribution in [0.5, 0.6) is 0 Å². The molecule has 2 heterocycles. The van der Waals surface area contributed by atoms with E-state index in [9.17, 15) is 4.79 Å². The van der Waals surface area contributed by atoms with Crippen molar-refractivity contribution >= 4 is 18.7 Å². The van der Waals surface area contributed by atoms with E-state index in [2.05, 4.69) is 15.0 Å². The van der Waals surface area contributed by atoms with Gasteiger partial charge in [0.25, 0.3) is 0 Å². The average molecular weight is 387 g/mol. The number of ether oxygens (including phenoxy) is 1. The minimum atomic E-state index is -1.14. The Hall–Kier alpha value is -2.52. The molecule has 1 saturated heterocycles. The van der Waals surface area contributed by atoms with Crippen molar-refractivity contribution in [1.29, 1.82) is 0 Å². The van der Waals surface area contributed by atoms with Crippen LogP contribution in [0.15, 0.2) is 42.3 Å². The second-order valence-electron chi connectivity index (χ2n) is 7.57. The highest BCUT2D eigenvalue weighted by atomic mass is 19.1. The Labute approximate surface area is 163 Å². The van der Waals surface area contributed by atoms with Gasteiger partial charge < -0.3 is 14.0 Å². The lowest BCUT2D eigenvalue weighted by Gasteiger charge is -2.32. The first-order chi connectivity index (χ1) is 13.1. The largest absolute Gasteiger partial charge is 0.525 e. The van der Waals surface area contributed by atoms with Crippen molar-refractivity contribution in [2.24, 2.45) is 0 Å². The molecule has 148 valence electrons. The van der Waals surface area contributed by atoms with Gasteiger partial charge in [-0.1, -0.05) is 35.5 Å². The Kier molecular flexibility index (Phi) is 5.40. The Bertz CT molecular complexity index is 880. The van der Waals surface area contributed by atoms with Gasteiger partial charge in [-0.2, -0.15) is 0 Å². The second-order valence-corrected chi connectivity index (χ2v) is 7.57. The number of nitrogens with zero attached hydrogens (tertiary/aromatic N) is 3. The van der Waals surface area contributed by atoms with Gasteiger partial charge in [-0.05, 0) is 33.3 Å². The van der Waals surface area contributed by atoms with Crippen LogP contribution in [0.2, 0.25) is 0 Å². The maximum Gasteiger partial charge on any atom is 0.525 e. The molecule has 9 heteroatoms. The number of aromatic nitrogens is 3. The summed E-state index contributed by atoms with van der Waals surface area (Å²) < 4.78 is 33.3. The van der Waals surface area contributed by atoms with Gasteiger partial charge in [0.2, 0.25) is 0 Å². The van der Waals surface area contributed by atoms with Gasteiger partial charge >= 0.3 is 13.1 Å². The fourth-order valence-electron chi connectivity index (χ4n) is 2.77. The van der Waals surface area contributed by atoms with Crippen LogP contribution >= 0.6 is 0 Å². The maximum absolute atomic E-state index is 15.5. The Morgan fingerprint density at radius 1 is 1.18 bits per heavy atom. The molecule has 3 rings (SSSR count). The molecule has 0 N–H and O–H groups in total. The Morgan fingerprint density at radius 2 is 1.79 bits per heavy atom. The first-order valence-electron chi connectivity index (χ1n) is 8.92. The summed E-state index contributed by atoms with van der Waals surface area (Å²) in [5, 5.41) is 7.67. The molecule has 1 aromatic carbocycles. The third-order valence-corrected chi connectivity index (χ3v) is 5.12. The van der Waals surface area contributed by atoms with Gasteiger partial charge in [-0.15, -0.1) is 5.10 Å². The molecule has 0 bridgehead atoms. The third-order valence-electron chi connectivity index (χ3n) is 5.12. The quantitative estimate of drug-likeness (QED) is 0.580. The number of esters is 1. The van der Waals surface area contributed by atoms with E-state index in [1.807, 2.05) is 45.9 Å². The van der Waals surface area contributed by atoms with Crippen LogP contribution < -0.4 is 0 Å². The van der Waals surface area contributed by atoms with Gasteiger partial charge in [-0.3, -0.25) is 0 Å². The molecule has 0 saturated carbocycles. The van der Waals surface area contributed by atoms with Crippen molar-refractivity contribution in [1.82, 2.24) is 15.0 Å². The molecule has 1 fully saturated rings. The van der Waals surface area contributed by atoms with Crippen molar-refractivity contribution in [3.05, 3.63) is 53.5 Å². The molecule has 1 aliphatic rings. The zero-order valence-electron chi connectivity index (χ0n) is 16.6. The lowest BCUT2D eigenvalue weighted by molar-refractivity contribution is 0.00578. The van der Waals surface area contributed by atoms with Crippen molar-refractivity contribution < 1.29 is 23.2 Å². The fourth-order valence-corrected chi connectivity index (χ4v) is 2.77. The number of halogens is 1. The van der Waals surface area contributed by atoms with Gasteiger partial charge in [0.15, 0.2) is 5.69 Å². The van der Waals surface area contributed by atoms with Gasteiger partial charge in [-0.25, -0.2) is 13.9 Å². The molecular formula is C19H23BFN3O4. The predicted molar refractivity (Wildman–Crippen MR) is 102 cm³/mol. The summed E-state index contributed by atoms with van der Waals surface area (Å²) in [7, 11) is 0.123. The maximum atomic E-state index is 15.5. The van der Waals surface area contributed by atoms with Crippen LogP contribution in [0.4, 0.5) is 4.39 Å². The Morgan fingerprint density at radius 3 is 2.36 bits per heavy atom. The summed E-state index contributed by atoms with van der Waals surface area (Å²) in [6.07, 6.45) is 1.41. The van der Waals surface area contributed by atoms with Crippen molar-refractivity contribution in [3.8, 4) is 0 Å². The lowest BCUT2D eigenvalue weighted by atomic mass is 9.82. The molecule has 28 heavy (non-hydrogen) atoms. The standard InChI is InChI=1S/C19H23BFN3O4/c1-18(2)19(3,4)28-20(27-18)16(21)14(13-9-7-6-8-10-13)11-24-12-15(22-23-24)17(25)26-5/h6-10,12H,11H2,1-5H3. The summed E-state index contributed by atoms with van der Waals surface area (Å²) >= 11 is 0. The van der Waals surface area contributed by atoms with Crippen LogP contribution in [0.1, 0.15) is 43.7 Å². The predicted octanol–water partition coefficient (Wildman–Crippen LogP) is 3.08. The van der Waals surface area contributed by atoms with Gasteiger partial charge in [0, 0.05) is 5.57 Å². The minimum absolute atomic E-state index is 0.0456. The number of benzene rings is 1. The first-order valence-corrected chi connectivity index (χ1v) is 8.92. The van der Waals surface area contributed by atoms with E-state index in [-0.39, 0.29) is 12.2 Å². The van der Waals surface area contributed by atoms with Crippen molar-refractivity contribution in [3.63, 3.8) is 0 Å². The fraction of sp³-hybridized carbons (Fsp3) is 0.421. The number of carbonyl (C=O) groups excluding carboxylic acids is 1. The molecule has 7 nitrogen and oxygen atoms in total. The molecule has 0 radical (unpaired) electrons. The van der Waals surface area contributed by atoms with E-state index >= 15 is 4.39 Å². The molecule has 0 amide bonds. The summed E-state index contributed by atoms with van der Waals surface area (Å²) in [4.78, 5) is 11.6. The summed E-state index contributed by atoms with van der Waals surface area (Å²) in [5.74, 6) is -0.608. The zero-order valence-corrected chi connectivity index (χ0v) is 16.6. The molecule has 0 aliphatic carbocycles. The molecule has 0 unspecified atom stereocenters. The van der Waals surface area contributed by atoms with E-state index in [0.717, 1.165) is 0 Å². The van der Waals surface area contributed by atoms with E-state index < -0.39 is 30.0 Å². The lowest BCUT2D eigenvalue weighted by Crippen LogP contribution is -2.41. The normalized spacial score (nSPS) is 18.7.